The number of aliphatic hydroxyl groups excluding tert-OH is 1. The molecule has 0 saturated heterocycles. The molecule has 1 saturated carbocycles. The van der Waals surface area contributed by atoms with E-state index in [2.05, 4.69) is 10.6 Å². The third kappa shape index (κ3) is 6.89. The maximum Gasteiger partial charge on any atom is 0.236 e. The van der Waals surface area contributed by atoms with Gasteiger partial charge >= 0.3 is 0 Å². The molecule has 0 aromatic heterocycles. The molecule has 112 valence electrons. The lowest BCUT2D eigenvalue weighted by atomic mass is 9.87. The van der Waals surface area contributed by atoms with Gasteiger partial charge in [-0.15, -0.1) is 0 Å². The highest BCUT2D eigenvalue weighted by Crippen LogP contribution is 2.23. The lowest BCUT2D eigenvalue weighted by Crippen LogP contribution is -2.44. The maximum absolute atomic E-state index is 11.8. The van der Waals surface area contributed by atoms with Crippen molar-refractivity contribution in [3.63, 3.8) is 0 Å². The molecule has 1 atom stereocenters. The van der Waals surface area contributed by atoms with Crippen molar-refractivity contribution < 1.29 is 14.6 Å². The van der Waals surface area contributed by atoms with Gasteiger partial charge in [0, 0.05) is 20.3 Å². The third-order valence-electron chi connectivity index (χ3n) is 3.75. The Bertz CT molecular complexity index is 253. The van der Waals surface area contributed by atoms with Crippen molar-refractivity contribution >= 4 is 5.91 Å². The molecule has 0 radical (unpaired) electrons. The number of methoxy groups -OCH3 is 1. The van der Waals surface area contributed by atoms with Gasteiger partial charge in [-0.25, -0.2) is 0 Å². The summed E-state index contributed by atoms with van der Waals surface area (Å²) in [4.78, 5) is 11.8. The molecular weight excluding hydrogens is 244 g/mol. The van der Waals surface area contributed by atoms with E-state index >= 15 is 0 Å². The summed E-state index contributed by atoms with van der Waals surface area (Å²) < 4.78 is 4.93. The van der Waals surface area contributed by atoms with Crippen molar-refractivity contribution in [2.24, 2.45) is 5.92 Å². The number of nitrogens with one attached hydrogen (secondary N) is 2. The van der Waals surface area contributed by atoms with Crippen LogP contribution in [-0.2, 0) is 9.53 Å². The monoisotopic (exact) mass is 272 g/mol. The van der Waals surface area contributed by atoms with Crippen LogP contribution in [0, 0.1) is 5.92 Å². The molecular formula is C14H28N2O3. The van der Waals surface area contributed by atoms with Gasteiger partial charge in [0.05, 0.1) is 12.1 Å². The van der Waals surface area contributed by atoms with E-state index in [1.54, 1.807) is 7.11 Å². The Morgan fingerprint density at radius 1 is 1.37 bits per heavy atom. The minimum Gasteiger partial charge on any atom is -0.393 e. The second kappa shape index (κ2) is 9.28. The van der Waals surface area contributed by atoms with Gasteiger partial charge in [0.25, 0.3) is 0 Å². The van der Waals surface area contributed by atoms with Crippen molar-refractivity contribution in [3.05, 3.63) is 0 Å². The molecule has 0 aromatic carbocycles. The highest BCUT2D eigenvalue weighted by atomic mass is 16.5. The molecule has 1 unspecified atom stereocenters. The Hall–Kier alpha value is -0.650. The predicted molar refractivity (Wildman–Crippen MR) is 74.9 cm³/mol. The fourth-order valence-electron chi connectivity index (χ4n) is 2.37. The SMILES string of the molecule is COCCCNC(=O)C(C)NCC1CCC(O)CC1. The minimum absolute atomic E-state index is 0.0481. The van der Waals surface area contributed by atoms with Crippen LogP contribution in [0.15, 0.2) is 0 Å². The van der Waals surface area contributed by atoms with Crippen LogP contribution in [-0.4, -0.2) is 50.0 Å². The average Bonchev–Trinajstić information content (AvgIpc) is 2.42. The fourth-order valence-corrected chi connectivity index (χ4v) is 2.37. The molecule has 1 rings (SSSR count). The molecule has 0 heterocycles. The van der Waals surface area contributed by atoms with E-state index in [4.69, 9.17) is 4.74 Å². The number of aliphatic hydroxyl groups is 1. The molecule has 0 spiro atoms. The smallest absolute Gasteiger partial charge is 0.236 e. The number of ether oxygens (including phenoxy) is 1. The summed E-state index contributed by atoms with van der Waals surface area (Å²) in [6.45, 7) is 4.09. The summed E-state index contributed by atoms with van der Waals surface area (Å²) in [6, 6.07) is -0.158. The molecule has 1 aliphatic carbocycles. The standard InChI is InChI=1S/C14H28N2O3/c1-11(14(18)15-8-3-9-19-2)16-10-12-4-6-13(17)7-5-12/h11-13,16-17H,3-10H2,1-2H3,(H,15,18). The number of carbonyl (C=O) groups is 1. The first-order valence-corrected chi connectivity index (χ1v) is 7.31. The molecule has 3 N–H and O–H groups in total. The second-order valence-electron chi connectivity index (χ2n) is 5.44. The van der Waals surface area contributed by atoms with E-state index in [-0.39, 0.29) is 18.1 Å². The first kappa shape index (κ1) is 16.4. The minimum atomic E-state index is -0.158. The van der Waals surface area contributed by atoms with Gasteiger partial charge in [0.2, 0.25) is 5.91 Å². The zero-order valence-electron chi connectivity index (χ0n) is 12.2. The van der Waals surface area contributed by atoms with E-state index in [0.29, 0.717) is 19.1 Å². The normalized spacial score (nSPS) is 25.0. The van der Waals surface area contributed by atoms with Crippen molar-refractivity contribution in [1.82, 2.24) is 10.6 Å². The molecule has 19 heavy (non-hydrogen) atoms. The van der Waals surface area contributed by atoms with Crippen LogP contribution in [0.25, 0.3) is 0 Å². The Labute approximate surface area is 116 Å². The highest BCUT2D eigenvalue weighted by Gasteiger charge is 2.20. The van der Waals surface area contributed by atoms with Gasteiger partial charge < -0.3 is 20.5 Å². The van der Waals surface area contributed by atoms with Crippen molar-refractivity contribution in [2.75, 3.05) is 26.8 Å². The first-order valence-electron chi connectivity index (χ1n) is 7.31. The lowest BCUT2D eigenvalue weighted by Gasteiger charge is -2.26. The van der Waals surface area contributed by atoms with Crippen molar-refractivity contribution in [2.45, 2.75) is 51.2 Å². The van der Waals surface area contributed by atoms with E-state index in [1.807, 2.05) is 6.92 Å². The van der Waals surface area contributed by atoms with Gasteiger partial charge in [-0.1, -0.05) is 0 Å². The maximum atomic E-state index is 11.8. The van der Waals surface area contributed by atoms with Gasteiger partial charge in [-0.3, -0.25) is 4.79 Å². The average molecular weight is 272 g/mol. The number of carbonyl (C=O) groups excluding carboxylic acids is 1. The summed E-state index contributed by atoms with van der Waals surface area (Å²) in [5.74, 6) is 0.638. The summed E-state index contributed by atoms with van der Waals surface area (Å²) >= 11 is 0. The Balaban J connectivity index is 2.09. The molecule has 1 amide bonds. The third-order valence-corrected chi connectivity index (χ3v) is 3.75. The Morgan fingerprint density at radius 3 is 2.68 bits per heavy atom. The fraction of sp³-hybridized carbons (Fsp3) is 0.929. The van der Waals surface area contributed by atoms with E-state index in [1.165, 1.54) is 0 Å². The van der Waals surface area contributed by atoms with Crippen LogP contribution < -0.4 is 10.6 Å². The predicted octanol–water partition coefficient (Wildman–Crippen LogP) is 0.668. The molecule has 0 aliphatic heterocycles. The van der Waals surface area contributed by atoms with Crippen LogP contribution in [0.2, 0.25) is 0 Å². The Morgan fingerprint density at radius 2 is 2.05 bits per heavy atom. The molecule has 1 fully saturated rings. The topological polar surface area (TPSA) is 70.6 Å². The summed E-state index contributed by atoms with van der Waals surface area (Å²) in [5.41, 5.74) is 0. The summed E-state index contributed by atoms with van der Waals surface area (Å²) in [6.07, 6.45) is 4.62. The van der Waals surface area contributed by atoms with Crippen LogP contribution in [0.4, 0.5) is 0 Å². The molecule has 5 nitrogen and oxygen atoms in total. The van der Waals surface area contributed by atoms with Crippen LogP contribution in [0.3, 0.4) is 0 Å². The number of rotatable bonds is 8. The first-order chi connectivity index (χ1) is 9.13. The highest BCUT2D eigenvalue weighted by molar-refractivity contribution is 5.81. The van der Waals surface area contributed by atoms with Gasteiger partial charge in [-0.2, -0.15) is 0 Å². The van der Waals surface area contributed by atoms with Gasteiger partial charge in [0.15, 0.2) is 0 Å². The molecule has 0 bridgehead atoms. The van der Waals surface area contributed by atoms with Crippen LogP contribution in [0.1, 0.15) is 39.0 Å². The zero-order chi connectivity index (χ0) is 14.1. The van der Waals surface area contributed by atoms with Crippen LogP contribution >= 0.6 is 0 Å². The quantitative estimate of drug-likeness (QED) is 0.568. The molecule has 0 aromatic rings. The lowest BCUT2D eigenvalue weighted by molar-refractivity contribution is -0.122. The largest absolute Gasteiger partial charge is 0.393 e. The second-order valence-corrected chi connectivity index (χ2v) is 5.44. The molecule has 1 aliphatic rings. The molecule has 5 heteroatoms. The van der Waals surface area contributed by atoms with Crippen molar-refractivity contribution in [1.29, 1.82) is 0 Å². The number of hydrogen-bond donors (Lipinski definition) is 3. The van der Waals surface area contributed by atoms with E-state index in [0.717, 1.165) is 38.6 Å². The Kier molecular flexibility index (Phi) is 8.02. The van der Waals surface area contributed by atoms with Gasteiger partial charge in [-0.05, 0) is 51.5 Å². The van der Waals surface area contributed by atoms with E-state index < -0.39 is 0 Å². The zero-order valence-corrected chi connectivity index (χ0v) is 12.2. The summed E-state index contributed by atoms with van der Waals surface area (Å²) in [7, 11) is 1.66. The van der Waals surface area contributed by atoms with Gasteiger partial charge in [0.1, 0.15) is 0 Å². The summed E-state index contributed by atoms with van der Waals surface area (Å²) in [5, 5.41) is 15.6. The van der Waals surface area contributed by atoms with Crippen LogP contribution in [0.5, 0.6) is 0 Å². The van der Waals surface area contributed by atoms with Crippen molar-refractivity contribution in [3.8, 4) is 0 Å². The number of hydrogen-bond acceptors (Lipinski definition) is 4. The van der Waals surface area contributed by atoms with E-state index in [9.17, 15) is 9.90 Å². The number of amides is 1.